The minimum atomic E-state index is 0.122. The van der Waals surface area contributed by atoms with Crippen molar-refractivity contribution >= 4 is 11.6 Å². The fraction of sp³-hybridized carbons (Fsp3) is 0.741. The lowest BCUT2D eigenvalue weighted by atomic mass is 9.73. The largest absolute Gasteiger partial charge is 0.328 e. The lowest BCUT2D eigenvalue weighted by Gasteiger charge is -2.40. The highest BCUT2D eigenvalue weighted by molar-refractivity contribution is 5.98. The predicted octanol–water partition coefficient (Wildman–Crippen LogP) is 5.14. The molecule has 2 heterocycles. The standard InChI is InChI=1S/C27H43N3O/c1-20-10-8-11-21(2)29(20)16-6-3-7-17-30-26-15-5-4-12-23(26)19-25(27(30)31)22-13-9-14-24(28)18-22/h4-5,12,15,20-22,24-25H,3,6-11,13-14,16-19,28H2,1-2H3/t20-,21+,22?,24?,25?. The fourth-order valence-corrected chi connectivity index (χ4v) is 6.48. The maximum absolute atomic E-state index is 13.6. The van der Waals surface area contributed by atoms with Gasteiger partial charge in [-0.25, -0.2) is 0 Å². The Bertz CT molecular complexity index is 725. The summed E-state index contributed by atoms with van der Waals surface area (Å²) in [5, 5.41) is 0. The van der Waals surface area contributed by atoms with E-state index in [0.717, 1.165) is 56.4 Å². The number of rotatable bonds is 7. The second kappa shape index (κ2) is 10.5. The van der Waals surface area contributed by atoms with Crippen LogP contribution in [-0.2, 0) is 11.2 Å². The number of hydrogen-bond acceptors (Lipinski definition) is 3. The normalized spacial score (nSPS) is 32.2. The summed E-state index contributed by atoms with van der Waals surface area (Å²) in [5.74, 6) is 0.932. The number of benzene rings is 1. The number of likely N-dealkylation sites (tertiary alicyclic amines) is 1. The van der Waals surface area contributed by atoms with E-state index in [2.05, 4.69) is 47.9 Å². The molecule has 1 aromatic rings. The van der Waals surface area contributed by atoms with Crippen LogP contribution in [-0.4, -0.2) is 42.0 Å². The molecule has 2 fully saturated rings. The molecule has 0 aromatic heterocycles. The van der Waals surface area contributed by atoms with Gasteiger partial charge in [0.2, 0.25) is 5.91 Å². The molecule has 2 N–H and O–H groups in total. The second-order valence-electron chi connectivity index (χ2n) is 10.5. The van der Waals surface area contributed by atoms with E-state index in [1.807, 2.05) is 0 Å². The molecule has 4 rings (SSSR count). The van der Waals surface area contributed by atoms with Crippen molar-refractivity contribution in [1.29, 1.82) is 0 Å². The van der Waals surface area contributed by atoms with Crippen LogP contribution in [0.25, 0.3) is 0 Å². The molecule has 172 valence electrons. The van der Waals surface area contributed by atoms with Crippen LogP contribution in [0.15, 0.2) is 24.3 Å². The third-order valence-corrected chi connectivity index (χ3v) is 8.30. The van der Waals surface area contributed by atoms with E-state index in [4.69, 9.17) is 5.73 Å². The van der Waals surface area contributed by atoms with Gasteiger partial charge in [0, 0.05) is 36.3 Å². The van der Waals surface area contributed by atoms with Gasteiger partial charge in [0.1, 0.15) is 0 Å². The zero-order chi connectivity index (χ0) is 21.8. The fourth-order valence-electron chi connectivity index (χ4n) is 6.48. The van der Waals surface area contributed by atoms with Gasteiger partial charge < -0.3 is 10.6 Å². The first-order valence-electron chi connectivity index (χ1n) is 12.9. The zero-order valence-electron chi connectivity index (χ0n) is 19.8. The monoisotopic (exact) mass is 425 g/mol. The molecule has 3 unspecified atom stereocenters. The Morgan fingerprint density at radius 2 is 1.65 bits per heavy atom. The zero-order valence-corrected chi connectivity index (χ0v) is 19.8. The van der Waals surface area contributed by atoms with Crippen molar-refractivity contribution in [3.63, 3.8) is 0 Å². The molecule has 5 atom stereocenters. The molecule has 0 spiro atoms. The minimum Gasteiger partial charge on any atom is -0.328 e. The maximum atomic E-state index is 13.6. The number of fused-ring (bicyclic) bond motifs is 1. The van der Waals surface area contributed by atoms with Crippen LogP contribution < -0.4 is 10.6 Å². The van der Waals surface area contributed by atoms with E-state index in [0.29, 0.717) is 11.8 Å². The van der Waals surface area contributed by atoms with Gasteiger partial charge in [-0.1, -0.05) is 37.5 Å². The van der Waals surface area contributed by atoms with Crippen LogP contribution in [0, 0.1) is 11.8 Å². The second-order valence-corrected chi connectivity index (χ2v) is 10.5. The number of anilines is 1. The Morgan fingerprint density at radius 1 is 0.935 bits per heavy atom. The van der Waals surface area contributed by atoms with Crippen molar-refractivity contribution in [3.05, 3.63) is 29.8 Å². The van der Waals surface area contributed by atoms with Crippen LogP contribution in [0.5, 0.6) is 0 Å². The summed E-state index contributed by atoms with van der Waals surface area (Å²) in [6, 6.07) is 10.3. The van der Waals surface area contributed by atoms with Crippen molar-refractivity contribution < 1.29 is 4.79 Å². The average molecular weight is 426 g/mol. The summed E-state index contributed by atoms with van der Waals surface area (Å²) in [6.07, 6.45) is 12.9. The highest BCUT2D eigenvalue weighted by Gasteiger charge is 2.38. The van der Waals surface area contributed by atoms with Crippen molar-refractivity contribution in [2.45, 2.75) is 103 Å². The molecule has 3 aliphatic rings. The van der Waals surface area contributed by atoms with Gasteiger partial charge in [-0.2, -0.15) is 0 Å². The van der Waals surface area contributed by atoms with Gasteiger partial charge >= 0.3 is 0 Å². The van der Waals surface area contributed by atoms with Gasteiger partial charge in [-0.15, -0.1) is 0 Å². The number of carbonyl (C=O) groups excluding carboxylic acids is 1. The molecular weight excluding hydrogens is 382 g/mol. The molecule has 4 nitrogen and oxygen atoms in total. The summed E-state index contributed by atoms with van der Waals surface area (Å²) < 4.78 is 0. The molecule has 0 bridgehead atoms. The first-order valence-corrected chi connectivity index (χ1v) is 12.9. The summed E-state index contributed by atoms with van der Waals surface area (Å²) in [7, 11) is 0. The molecule has 31 heavy (non-hydrogen) atoms. The molecule has 4 heteroatoms. The topological polar surface area (TPSA) is 49.6 Å². The highest BCUT2D eigenvalue weighted by Crippen LogP contribution is 2.39. The van der Waals surface area contributed by atoms with Gasteiger partial charge in [-0.3, -0.25) is 9.69 Å². The lowest BCUT2D eigenvalue weighted by Crippen LogP contribution is -2.46. The van der Waals surface area contributed by atoms with Crippen LogP contribution in [0.1, 0.15) is 83.6 Å². The molecule has 1 amide bonds. The van der Waals surface area contributed by atoms with E-state index < -0.39 is 0 Å². The Balaban J connectivity index is 1.34. The number of para-hydroxylation sites is 1. The third kappa shape index (κ3) is 5.34. The smallest absolute Gasteiger partial charge is 0.230 e. The SMILES string of the molecule is C[C@@H]1CCC[C@H](C)N1CCCCCN1C(=O)C(C2CCCC(N)C2)Cc2ccccc21. The van der Waals surface area contributed by atoms with Gasteiger partial charge in [0.25, 0.3) is 0 Å². The van der Waals surface area contributed by atoms with Crippen LogP contribution in [0.4, 0.5) is 5.69 Å². The number of piperidine rings is 1. The summed E-state index contributed by atoms with van der Waals surface area (Å²) in [5.41, 5.74) is 8.78. The number of carbonyl (C=O) groups is 1. The number of nitrogens with zero attached hydrogens (tertiary/aromatic N) is 2. The molecule has 1 saturated carbocycles. The summed E-state index contributed by atoms with van der Waals surface area (Å²) in [6.45, 7) is 6.83. The van der Waals surface area contributed by atoms with E-state index in [9.17, 15) is 4.79 Å². The van der Waals surface area contributed by atoms with Gasteiger partial charge in [0.05, 0.1) is 0 Å². The van der Waals surface area contributed by atoms with Crippen LogP contribution in [0.3, 0.4) is 0 Å². The van der Waals surface area contributed by atoms with Crippen molar-refractivity contribution in [3.8, 4) is 0 Å². The van der Waals surface area contributed by atoms with E-state index in [1.54, 1.807) is 0 Å². The summed E-state index contributed by atoms with van der Waals surface area (Å²) in [4.78, 5) is 18.4. The Kier molecular flexibility index (Phi) is 7.71. The number of nitrogens with two attached hydrogens (primary N) is 1. The number of amides is 1. The molecule has 1 aliphatic carbocycles. The molecule has 2 aliphatic heterocycles. The molecule has 0 radical (unpaired) electrons. The lowest BCUT2D eigenvalue weighted by molar-refractivity contribution is -0.125. The number of unbranched alkanes of at least 4 members (excludes halogenated alkanes) is 2. The summed E-state index contributed by atoms with van der Waals surface area (Å²) >= 11 is 0. The Hall–Kier alpha value is -1.39. The van der Waals surface area contributed by atoms with E-state index in [1.165, 1.54) is 50.6 Å². The first-order chi connectivity index (χ1) is 15.0. The van der Waals surface area contributed by atoms with Crippen molar-refractivity contribution in [2.24, 2.45) is 17.6 Å². The van der Waals surface area contributed by atoms with E-state index >= 15 is 0 Å². The molecule has 1 aromatic carbocycles. The predicted molar refractivity (Wildman–Crippen MR) is 129 cm³/mol. The first kappa shape index (κ1) is 22.8. The maximum Gasteiger partial charge on any atom is 0.230 e. The van der Waals surface area contributed by atoms with Crippen molar-refractivity contribution in [2.75, 3.05) is 18.0 Å². The molecular formula is C27H43N3O. The third-order valence-electron chi connectivity index (χ3n) is 8.30. The average Bonchev–Trinajstić information content (AvgIpc) is 2.76. The Labute approximate surface area is 189 Å². The van der Waals surface area contributed by atoms with Crippen molar-refractivity contribution in [1.82, 2.24) is 4.90 Å². The van der Waals surface area contributed by atoms with Crippen LogP contribution >= 0.6 is 0 Å². The molecule has 1 saturated heterocycles. The van der Waals surface area contributed by atoms with E-state index in [-0.39, 0.29) is 12.0 Å². The quantitative estimate of drug-likeness (QED) is 0.615. The highest BCUT2D eigenvalue weighted by atomic mass is 16.2. The number of hydrogen-bond donors (Lipinski definition) is 1. The van der Waals surface area contributed by atoms with Gasteiger partial charge in [-0.05, 0) is 89.3 Å². The minimum absolute atomic E-state index is 0.122. The van der Waals surface area contributed by atoms with Gasteiger partial charge in [0.15, 0.2) is 0 Å². The Morgan fingerprint density at radius 3 is 2.42 bits per heavy atom. The van der Waals surface area contributed by atoms with Crippen LogP contribution in [0.2, 0.25) is 0 Å².